The number of hydrogen-bond acceptors (Lipinski definition) is 1. The van der Waals surface area contributed by atoms with Gasteiger partial charge in [-0.25, -0.2) is 0 Å². The molecule has 0 heterocycles. The summed E-state index contributed by atoms with van der Waals surface area (Å²) < 4.78 is 1.15. The molecule has 0 saturated heterocycles. The summed E-state index contributed by atoms with van der Waals surface area (Å²) in [5.41, 5.74) is 2.23. The van der Waals surface area contributed by atoms with Crippen LogP contribution in [-0.4, -0.2) is 0 Å². The first-order valence-electron chi connectivity index (χ1n) is 4.98. The Morgan fingerprint density at radius 1 is 1.06 bits per heavy atom. The van der Waals surface area contributed by atoms with Crippen molar-refractivity contribution in [3.8, 4) is 0 Å². The molecule has 2 rings (SSSR count). The molecular formula is C13H11ClIN. The van der Waals surface area contributed by atoms with Crippen molar-refractivity contribution in [2.45, 2.75) is 6.54 Å². The van der Waals surface area contributed by atoms with Crippen LogP contribution in [0.15, 0.2) is 48.5 Å². The number of rotatable bonds is 3. The fourth-order valence-corrected chi connectivity index (χ4v) is 2.35. The standard InChI is InChI=1S/C13H11ClIN/c14-12-8-11(15)6-7-13(12)16-9-10-4-2-1-3-5-10/h1-8,16H,9H2. The van der Waals surface area contributed by atoms with E-state index in [1.165, 1.54) is 5.56 Å². The van der Waals surface area contributed by atoms with Crippen molar-refractivity contribution in [2.24, 2.45) is 0 Å². The van der Waals surface area contributed by atoms with Crippen molar-refractivity contribution < 1.29 is 0 Å². The monoisotopic (exact) mass is 343 g/mol. The summed E-state index contributed by atoms with van der Waals surface area (Å²) >= 11 is 8.38. The van der Waals surface area contributed by atoms with Gasteiger partial charge in [0.25, 0.3) is 0 Å². The van der Waals surface area contributed by atoms with E-state index in [-0.39, 0.29) is 0 Å². The highest BCUT2D eigenvalue weighted by atomic mass is 127. The highest BCUT2D eigenvalue weighted by Crippen LogP contribution is 2.24. The van der Waals surface area contributed by atoms with Gasteiger partial charge in [-0.05, 0) is 46.4 Å². The molecule has 2 aromatic carbocycles. The summed E-state index contributed by atoms with van der Waals surface area (Å²) in [6.07, 6.45) is 0. The Morgan fingerprint density at radius 3 is 2.50 bits per heavy atom. The van der Waals surface area contributed by atoms with E-state index in [1.807, 2.05) is 36.4 Å². The van der Waals surface area contributed by atoms with Gasteiger partial charge in [0.15, 0.2) is 0 Å². The van der Waals surface area contributed by atoms with Crippen LogP contribution >= 0.6 is 34.2 Å². The molecule has 0 atom stereocenters. The summed E-state index contributed by atoms with van der Waals surface area (Å²) in [6, 6.07) is 16.3. The molecule has 0 fully saturated rings. The maximum Gasteiger partial charge on any atom is 0.0648 e. The Morgan fingerprint density at radius 2 is 1.81 bits per heavy atom. The van der Waals surface area contributed by atoms with Crippen LogP contribution in [0.1, 0.15) is 5.56 Å². The summed E-state index contributed by atoms with van der Waals surface area (Å²) in [6.45, 7) is 0.793. The second-order valence-electron chi connectivity index (χ2n) is 3.46. The number of halogens is 2. The average molecular weight is 344 g/mol. The lowest BCUT2D eigenvalue weighted by molar-refractivity contribution is 1.15. The van der Waals surface area contributed by atoms with Crippen molar-refractivity contribution in [3.63, 3.8) is 0 Å². The van der Waals surface area contributed by atoms with Gasteiger partial charge < -0.3 is 5.32 Å². The lowest BCUT2D eigenvalue weighted by Crippen LogP contribution is -1.99. The first kappa shape index (κ1) is 11.7. The first-order chi connectivity index (χ1) is 7.75. The zero-order chi connectivity index (χ0) is 11.4. The molecule has 3 heteroatoms. The van der Waals surface area contributed by atoms with Gasteiger partial charge in [-0.15, -0.1) is 0 Å². The molecule has 0 aliphatic heterocycles. The average Bonchev–Trinajstić information content (AvgIpc) is 2.29. The van der Waals surface area contributed by atoms with E-state index in [2.05, 4.69) is 40.0 Å². The lowest BCUT2D eigenvalue weighted by Gasteiger charge is -2.08. The van der Waals surface area contributed by atoms with Gasteiger partial charge in [0.2, 0.25) is 0 Å². The Bertz CT molecular complexity index is 471. The van der Waals surface area contributed by atoms with Gasteiger partial charge in [0, 0.05) is 10.1 Å². The molecule has 2 aromatic rings. The van der Waals surface area contributed by atoms with Crippen molar-refractivity contribution >= 4 is 39.9 Å². The molecular weight excluding hydrogens is 333 g/mol. The Labute approximate surface area is 114 Å². The Hall–Kier alpha value is -0.740. The molecule has 0 bridgehead atoms. The molecule has 1 N–H and O–H groups in total. The van der Waals surface area contributed by atoms with Crippen LogP contribution in [0.3, 0.4) is 0 Å². The zero-order valence-corrected chi connectivity index (χ0v) is 11.5. The molecule has 0 radical (unpaired) electrons. The molecule has 0 aromatic heterocycles. The quantitative estimate of drug-likeness (QED) is 0.806. The minimum Gasteiger partial charge on any atom is -0.380 e. The Balaban J connectivity index is 2.05. The predicted molar refractivity (Wildman–Crippen MR) is 77.9 cm³/mol. The largest absolute Gasteiger partial charge is 0.380 e. The second kappa shape index (κ2) is 5.55. The highest BCUT2D eigenvalue weighted by Gasteiger charge is 2.00. The molecule has 0 spiro atoms. The van der Waals surface area contributed by atoms with Crippen LogP contribution in [0.5, 0.6) is 0 Å². The van der Waals surface area contributed by atoms with Gasteiger partial charge in [0.05, 0.1) is 10.7 Å². The summed E-state index contributed by atoms with van der Waals surface area (Å²) in [5, 5.41) is 4.09. The van der Waals surface area contributed by atoms with E-state index in [4.69, 9.17) is 11.6 Å². The summed E-state index contributed by atoms with van der Waals surface area (Å²) in [4.78, 5) is 0. The molecule has 0 aliphatic rings. The molecule has 0 saturated carbocycles. The zero-order valence-electron chi connectivity index (χ0n) is 8.58. The molecule has 0 amide bonds. The number of anilines is 1. The Kier molecular flexibility index (Phi) is 4.07. The topological polar surface area (TPSA) is 12.0 Å². The van der Waals surface area contributed by atoms with E-state index >= 15 is 0 Å². The van der Waals surface area contributed by atoms with Crippen molar-refractivity contribution in [3.05, 3.63) is 62.7 Å². The normalized spacial score (nSPS) is 10.1. The molecule has 0 unspecified atom stereocenters. The second-order valence-corrected chi connectivity index (χ2v) is 5.12. The minimum absolute atomic E-state index is 0.767. The maximum absolute atomic E-state index is 6.13. The third-order valence-corrected chi connectivity index (χ3v) is 3.24. The summed E-state index contributed by atoms with van der Waals surface area (Å²) in [5.74, 6) is 0. The van der Waals surface area contributed by atoms with E-state index < -0.39 is 0 Å². The summed E-state index contributed by atoms with van der Waals surface area (Å²) in [7, 11) is 0. The number of benzene rings is 2. The van der Waals surface area contributed by atoms with E-state index in [1.54, 1.807) is 0 Å². The van der Waals surface area contributed by atoms with Gasteiger partial charge >= 0.3 is 0 Å². The van der Waals surface area contributed by atoms with E-state index in [0.717, 1.165) is 20.8 Å². The van der Waals surface area contributed by atoms with Crippen molar-refractivity contribution in [1.82, 2.24) is 0 Å². The van der Waals surface area contributed by atoms with Gasteiger partial charge in [-0.2, -0.15) is 0 Å². The van der Waals surface area contributed by atoms with Crippen LogP contribution in [-0.2, 0) is 6.54 Å². The maximum atomic E-state index is 6.13. The molecule has 82 valence electrons. The number of hydrogen-bond donors (Lipinski definition) is 1. The fourth-order valence-electron chi connectivity index (χ4n) is 1.43. The SMILES string of the molecule is Clc1cc(I)ccc1NCc1ccccc1. The molecule has 16 heavy (non-hydrogen) atoms. The smallest absolute Gasteiger partial charge is 0.0648 e. The lowest BCUT2D eigenvalue weighted by atomic mass is 10.2. The van der Waals surface area contributed by atoms with Crippen LogP contribution in [0.2, 0.25) is 5.02 Å². The molecule has 1 nitrogen and oxygen atoms in total. The van der Waals surface area contributed by atoms with Gasteiger partial charge in [0.1, 0.15) is 0 Å². The van der Waals surface area contributed by atoms with E-state index in [9.17, 15) is 0 Å². The molecule has 0 aliphatic carbocycles. The van der Waals surface area contributed by atoms with Crippen LogP contribution in [0, 0.1) is 3.57 Å². The predicted octanol–water partition coefficient (Wildman–Crippen LogP) is 4.56. The van der Waals surface area contributed by atoms with E-state index in [0.29, 0.717) is 0 Å². The first-order valence-corrected chi connectivity index (χ1v) is 6.44. The minimum atomic E-state index is 0.767. The van der Waals surface area contributed by atoms with Gasteiger partial charge in [-0.3, -0.25) is 0 Å². The third kappa shape index (κ3) is 3.12. The highest BCUT2D eigenvalue weighted by molar-refractivity contribution is 14.1. The van der Waals surface area contributed by atoms with Gasteiger partial charge in [-0.1, -0.05) is 41.9 Å². The van der Waals surface area contributed by atoms with Crippen LogP contribution < -0.4 is 5.32 Å². The fraction of sp³-hybridized carbons (Fsp3) is 0.0769. The number of nitrogens with one attached hydrogen (secondary N) is 1. The van der Waals surface area contributed by atoms with Crippen LogP contribution in [0.4, 0.5) is 5.69 Å². The van der Waals surface area contributed by atoms with Crippen LogP contribution in [0.25, 0.3) is 0 Å². The third-order valence-electron chi connectivity index (χ3n) is 2.26. The van der Waals surface area contributed by atoms with Crippen molar-refractivity contribution in [1.29, 1.82) is 0 Å². The van der Waals surface area contributed by atoms with Crippen molar-refractivity contribution in [2.75, 3.05) is 5.32 Å².